The summed E-state index contributed by atoms with van der Waals surface area (Å²) >= 11 is 0. The molecule has 0 fully saturated rings. The summed E-state index contributed by atoms with van der Waals surface area (Å²) in [4.78, 5) is 61.8. The van der Waals surface area contributed by atoms with Gasteiger partial charge in [0.15, 0.2) is 0 Å². The van der Waals surface area contributed by atoms with Gasteiger partial charge in [-0.3, -0.25) is 19.2 Å². The number of carbonyl (C=O) groups is 5. The van der Waals surface area contributed by atoms with E-state index in [-0.39, 0.29) is 12.8 Å². The molecule has 0 bridgehead atoms. The molecule has 0 heterocycles. The highest BCUT2D eigenvalue weighted by molar-refractivity contribution is 5.95. The zero-order chi connectivity index (χ0) is 28.2. The third-order valence-corrected chi connectivity index (χ3v) is 5.82. The highest BCUT2D eigenvalue weighted by atomic mass is 16.4. The number of aliphatic carboxylic acids is 1. The molecule has 2 aromatic carbocycles. The topological polar surface area (TPSA) is 194 Å². The number of hydrogen-bond acceptors (Lipinski definition) is 6. The van der Waals surface area contributed by atoms with Crippen LogP contribution in [0.25, 0.3) is 0 Å². The van der Waals surface area contributed by atoms with Gasteiger partial charge < -0.3 is 32.5 Å². The van der Waals surface area contributed by atoms with Crippen LogP contribution < -0.4 is 27.4 Å². The van der Waals surface area contributed by atoms with Crippen molar-refractivity contribution in [3.63, 3.8) is 0 Å². The molecule has 0 aliphatic carbocycles. The Labute approximate surface area is 221 Å². The van der Waals surface area contributed by atoms with Crippen LogP contribution in [0.5, 0.6) is 0 Å². The Morgan fingerprint density at radius 1 is 0.737 bits per heavy atom. The first kappa shape index (κ1) is 30.0. The van der Waals surface area contributed by atoms with E-state index >= 15 is 0 Å². The van der Waals surface area contributed by atoms with Crippen molar-refractivity contribution in [1.82, 2.24) is 16.0 Å². The van der Waals surface area contributed by atoms with Gasteiger partial charge in [0, 0.05) is 6.42 Å². The number of nitrogens with two attached hydrogens (primary N) is 2. The summed E-state index contributed by atoms with van der Waals surface area (Å²) in [5.74, 6) is -4.77. The fourth-order valence-corrected chi connectivity index (χ4v) is 3.75. The van der Waals surface area contributed by atoms with E-state index in [4.69, 9.17) is 11.5 Å². The maximum atomic E-state index is 13.3. The highest BCUT2D eigenvalue weighted by Gasteiger charge is 2.32. The van der Waals surface area contributed by atoms with Crippen LogP contribution in [0, 0.1) is 5.92 Å². The van der Waals surface area contributed by atoms with Crippen LogP contribution in [0.4, 0.5) is 0 Å². The standard InChI is InChI=1S/C27H35N5O6/c1-16(2)23(26(36)31-21(27(37)38)15-22(29)33)32-25(35)20(14-18-11-7-4-8-12-18)30-24(34)19(28)13-17-9-5-3-6-10-17/h3-12,16,19-21,23H,13-15,28H2,1-2H3,(H2,29,33)(H,30,34)(H,31,36)(H,32,35)(H,37,38). The van der Waals surface area contributed by atoms with Crippen LogP contribution in [0.2, 0.25) is 0 Å². The number of carbonyl (C=O) groups excluding carboxylic acids is 4. The van der Waals surface area contributed by atoms with Crippen LogP contribution >= 0.6 is 0 Å². The molecule has 4 unspecified atom stereocenters. The summed E-state index contributed by atoms with van der Waals surface area (Å²) in [7, 11) is 0. The summed E-state index contributed by atoms with van der Waals surface area (Å²) in [6.45, 7) is 3.32. The Morgan fingerprint density at radius 3 is 1.71 bits per heavy atom. The molecule has 0 aromatic heterocycles. The zero-order valence-electron chi connectivity index (χ0n) is 21.4. The minimum atomic E-state index is -1.55. The van der Waals surface area contributed by atoms with E-state index in [1.807, 2.05) is 36.4 Å². The van der Waals surface area contributed by atoms with Gasteiger partial charge >= 0.3 is 5.97 Å². The van der Waals surface area contributed by atoms with Gasteiger partial charge in [0.2, 0.25) is 23.6 Å². The summed E-state index contributed by atoms with van der Waals surface area (Å²) in [6, 6.07) is 13.5. The van der Waals surface area contributed by atoms with Crippen molar-refractivity contribution in [3.8, 4) is 0 Å². The molecule has 0 saturated carbocycles. The largest absolute Gasteiger partial charge is 0.480 e. The highest BCUT2D eigenvalue weighted by Crippen LogP contribution is 2.09. The van der Waals surface area contributed by atoms with E-state index in [9.17, 15) is 29.1 Å². The molecular formula is C27H35N5O6. The number of primary amides is 1. The number of nitrogens with one attached hydrogen (secondary N) is 3. The molecule has 11 nitrogen and oxygen atoms in total. The Morgan fingerprint density at radius 2 is 1.24 bits per heavy atom. The maximum absolute atomic E-state index is 13.3. The number of amides is 4. The fourth-order valence-electron chi connectivity index (χ4n) is 3.75. The van der Waals surface area contributed by atoms with Crippen molar-refractivity contribution < 1.29 is 29.1 Å². The fraction of sp³-hybridized carbons (Fsp3) is 0.370. The smallest absolute Gasteiger partial charge is 0.326 e. The second-order valence-electron chi connectivity index (χ2n) is 9.35. The molecule has 0 aliphatic rings. The molecule has 0 saturated heterocycles. The third-order valence-electron chi connectivity index (χ3n) is 5.82. The van der Waals surface area contributed by atoms with E-state index in [0.29, 0.717) is 0 Å². The van der Waals surface area contributed by atoms with Gasteiger partial charge in [0.1, 0.15) is 18.1 Å². The number of hydrogen-bond donors (Lipinski definition) is 6. The van der Waals surface area contributed by atoms with Crippen molar-refractivity contribution in [1.29, 1.82) is 0 Å². The van der Waals surface area contributed by atoms with Crippen LogP contribution in [0.15, 0.2) is 60.7 Å². The second-order valence-corrected chi connectivity index (χ2v) is 9.35. The van der Waals surface area contributed by atoms with E-state index < -0.39 is 66.1 Å². The third kappa shape index (κ3) is 9.66. The van der Waals surface area contributed by atoms with Crippen LogP contribution in [-0.2, 0) is 36.8 Å². The molecule has 0 spiro atoms. The lowest BCUT2D eigenvalue weighted by molar-refractivity contribution is -0.144. The number of carboxylic acids is 1. The van der Waals surface area contributed by atoms with Crippen LogP contribution in [-0.4, -0.2) is 58.9 Å². The first-order chi connectivity index (χ1) is 18.0. The SMILES string of the molecule is CC(C)C(NC(=O)C(Cc1ccccc1)NC(=O)C(N)Cc1ccccc1)C(=O)NC(CC(N)=O)C(=O)O. The lowest BCUT2D eigenvalue weighted by Crippen LogP contribution is -2.59. The molecule has 0 aliphatic heterocycles. The Kier molecular flexibility index (Phi) is 11.4. The average Bonchev–Trinajstić information content (AvgIpc) is 2.86. The Bertz CT molecular complexity index is 1110. The minimum Gasteiger partial charge on any atom is -0.480 e. The monoisotopic (exact) mass is 525 g/mol. The van der Waals surface area contributed by atoms with Crippen LogP contribution in [0.1, 0.15) is 31.4 Å². The average molecular weight is 526 g/mol. The maximum Gasteiger partial charge on any atom is 0.326 e. The number of benzene rings is 2. The Balaban J connectivity index is 2.19. The summed E-state index contributed by atoms with van der Waals surface area (Å²) in [5, 5.41) is 16.9. The van der Waals surface area contributed by atoms with Gasteiger partial charge in [-0.15, -0.1) is 0 Å². The molecular weight excluding hydrogens is 490 g/mol. The van der Waals surface area contributed by atoms with E-state index in [1.165, 1.54) is 0 Å². The first-order valence-electron chi connectivity index (χ1n) is 12.2. The lowest BCUT2D eigenvalue weighted by Gasteiger charge is -2.27. The normalized spacial score (nSPS) is 14.0. The lowest BCUT2D eigenvalue weighted by atomic mass is 9.99. The molecule has 8 N–H and O–H groups in total. The van der Waals surface area contributed by atoms with Gasteiger partial charge in [-0.1, -0.05) is 74.5 Å². The van der Waals surface area contributed by atoms with E-state index in [2.05, 4.69) is 16.0 Å². The molecule has 204 valence electrons. The molecule has 0 radical (unpaired) electrons. The summed E-state index contributed by atoms with van der Waals surface area (Å²) < 4.78 is 0. The van der Waals surface area contributed by atoms with Crippen molar-refractivity contribution in [3.05, 3.63) is 71.8 Å². The minimum absolute atomic E-state index is 0.127. The van der Waals surface area contributed by atoms with Crippen LogP contribution in [0.3, 0.4) is 0 Å². The molecule has 4 amide bonds. The predicted molar refractivity (Wildman–Crippen MR) is 140 cm³/mol. The van der Waals surface area contributed by atoms with Crippen molar-refractivity contribution in [2.24, 2.45) is 17.4 Å². The first-order valence-corrected chi connectivity index (χ1v) is 12.2. The van der Waals surface area contributed by atoms with Crippen molar-refractivity contribution in [2.75, 3.05) is 0 Å². The Hall–Kier alpha value is -4.25. The second kappa shape index (κ2) is 14.5. The van der Waals surface area contributed by atoms with Gasteiger partial charge in [-0.05, 0) is 23.5 Å². The summed E-state index contributed by atoms with van der Waals surface area (Å²) in [5.41, 5.74) is 12.8. The molecule has 4 atom stereocenters. The van der Waals surface area contributed by atoms with Crippen molar-refractivity contribution >= 4 is 29.6 Å². The number of carboxylic acid groups (broad SMARTS) is 1. The van der Waals surface area contributed by atoms with Gasteiger partial charge in [-0.2, -0.15) is 0 Å². The van der Waals surface area contributed by atoms with E-state index in [0.717, 1.165) is 11.1 Å². The molecule has 2 aromatic rings. The van der Waals surface area contributed by atoms with Gasteiger partial charge in [0.25, 0.3) is 0 Å². The zero-order valence-corrected chi connectivity index (χ0v) is 21.4. The molecule has 2 rings (SSSR count). The molecule has 11 heteroatoms. The van der Waals surface area contributed by atoms with Gasteiger partial charge in [0.05, 0.1) is 12.5 Å². The number of rotatable bonds is 14. The van der Waals surface area contributed by atoms with E-state index in [1.54, 1.807) is 38.1 Å². The van der Waals surface area contributed by atoms with Gasteiger partial charge in [-0.25, -0.2) is 4.79 Å². The van der Waals surface area contributed by atoms with Crippen molar-refractivity contribution in [2.45, 2.75) is 57.3 Å². The predicted octanol–water partition coefficient (Wildman–Crippen LogP) is -0.130. The molecule has 38 heavy (non-hydrogen) atoms. The summed E-state index contributed by atoms with van der Waals surface area (Å²) in [6.07, 6.45) is -0.214. The quantitative estimate of drug-likeness (QED) is 0.198.